The Labute approximate surface area is 91.3 Å². The van der Waals surface area contributed by atoms with Gasteiger partial charge in [-0.05, 0) is 37.8 Å². The summed E-state index contributed by atoms with van der Waals surface area (Å²) in [6, 6.07) is 10.8. The molecular weight excluding hydrogens is 186 g/mol. The van der Waals surface area contributed by atoms with E-state index in [1.807, 2.05) is 6.07 Å². The van der Waals surface area contributed by atoms with Gasteiger partial charge in [0.2, 0.25) is 0 Å². The lowest BCUT2D eigenvalue weighted by atomic mass is 9.95. The standard InChI is InChI=1S/C13H19NO/c15-13-7-4-10-14-12(13)9-8-11-5-2-1-3-6-11/h1-3,5-6,12-15H,4,7-10H2/t12-,13+/m1/s1. The van der Waals surface area contributed by atoms with Gasteiger partial charge in [0.1, 0.15) is 0 Å². The molecule has 1 aromatic rings. The Morgan fingerprint density at radius 2 is 2.07 bits per heavy atom. The summed E-state index contributed by atoms with van der Waals surface area (Å²) in [7, 11) is 0. The Balaban J connectivity index is 1.82. The Kier molecular flexibility index (Phi) is 3.75. The highest BCUT2D eigenvalue weighted by Crippen LogP contribution is 2.14. The van der Waals surface area contributed by atoms with Crippen LogP contribution in [0.15, 0.2) is 30.3 Å². The Bertz CT molecular complexity index is 286. The van der Waals surface area contributed by atoms with Crippen LogP contribution >= 0.6 is 0 Å². The SMILES string of the molecule is O[C@H]1CCCN[C@@H]1CCc1ccccc1. The van der Waals surface area contributed by atoms with E-state index in [-0.39, 0.29) is 6.10 Å². The second-order valence-electron chi connectivity index (χ2n) is 4.29. The number of aliphatic hydroxyl groups is 1. The molecule has 15 heavy (non-hydrogen) atoms. The number of aryl methyl sites for hydroxylation is 1. The molecule has 0 aromatic heterocycles. The molecule has 2 N–H and O–H groups in total. The van der Waals surface area contributed by atoms with Gasteiger partial charge in [-0.2, -0.15) is 0 Å². The summed E-state index contributed by atoms with van der Waals surface area (Å²) in [5.74, 6) is 0. The number of hydrogen-bond acceptors (Lipinski definition) is 2. The first-order valence-electron chi connectivity index (χ1n) is 5.81. The van der Waals surface area contributed by atoms with Crippen LogP contribution in [-0.4, -0.2) is 23.8 Å². The minimum atomic E-state index is -0.150. The Hall–Kier alpha value is -0.860. The van der Waals surface area contributed by atoms with Crippen LogP contribution in [0.2, 0.25) is 0 Å². The number of benzene rings is 1. The fourth-order valence-electron chi connectivity index (χ4n) is 2.20. The van der Waals surface area contributed by atoms with Gasteiger partial charge >= 0.3 is 0 Å². The van der Waals surface area contributed by atoms with Gasteiger partial charge in [-0.25, -0.2) is 0 Å². The van der Waals surface area contributed by atoms with Gasteiger partial charge in [0.05, 0.1) is 6.10 Å². The van der Waals surface area contributed by atoms with Crippen LogP contribution in [0.4, 0.5) is 0 Å². The van der Waals surface area contributed by atoms with E-state index in [4.69, 9.17) is 0 Å². The highest BCUT2D eigenvalue weighted by Gasteiger charge is 2.21. The molecular formula is C13H19NO. The van der Waals surface area contributed by atoms with Gasteiger partial charge < -0.3 is 10.4 Å². The molecule has 0 aliphatic carbocycles. The normalized spacial score (nSPS) is 26.5. The monoisotopic (exact) mass is 205 g/mol. The summed E-state index contributed by atoms with van der Waals surface area (Å²) in [5, 5.41) is 13.2. The van der Waals surface area contributed by atoms with Crippen molar-refractivity contribution in [2.75, 3.05) is 6.54 Å². The number of rotatable bonds is 3. The molecule has 0 radical (unpaired) electrons. The van der Waals surface area contributed by atoms with Crippen molar-refractivity contribution in [3.8, 4) is 0 Å². The van der Waals surface area contributed by atoms with Crippen LogP contribution in [-0.2, 0) is 6.42 Å². The van der Waals surface area contributed by atoms with E-state index in [0.29, 0.717) is 6.04 Å². The molecule has 1 aliphatic rings. The molecule has 2 heteroatoms. The maximum atomic E-state index is 9.78. The smallest absolute Gasteiger partial charge is 0.0693 e. The van der Waals surface area contributed by atoms with E-state index in [2.05, 4.69) is 29.6 Å². The van der Waals surface area contributed by atoms with Crippen molar-refractivity contribution < 1.29 is 5.11 Å². The Morgan fingerprint density at radius 1 is 1.27 bits per heavy atom. The van der Waals surface area contributed by atoms with Crippen LogP contribution in [0.5, 0.6) is 0 Å². The van der Waals surface area contributed by atoms with Crippen LogP contribution < -0.4 is 5.32 Å². The maximum Gasteiger partial charge on any atom is 0.0693 e. The molecule has 0 saturated carbocycles. The lowest BCUT2D eigenvalue weighted by molar-refractivity contribution is 0.0926. The van der Waals surface area contributed by atoms with Crippen molar-refractivity contribution in [3.63, 3.8) is 0 Å². The maximum absolute atomic E-state index is 9.78. The summed E-state index contributed by atoms with van der Waals surface area (Å²) >= 11 is 0. The predicted molar refractivity (Wildman–Crippen MR) is 61.8 cm³/mol. The highest BCUT2D eigenvalue weighted by atomic mass is 16.3. The summed E-state index contributed by atoms with van der Waals surface area (Å²) in [6.07, 6.45) is 3.98. The van der Waals surface area contributed by atoms with Crippen molar-refractivity contribution in [1.29, 1.82) is 0 Å². The van der Waals surface area contributed by atoms with Gasteiger partial charge in [0.15, 0.2) is 0 Å². The zero-order chi connectivity index (χ0) is 10.5. The molecule has 1 saturated heterocycles. The summed E-state index contributed by atoms with van der Waals surface area (Å²) in [6.45, 7) is 1.05. The molecule has 0 bridgehead atoms. The second kappa shape index (κ2) is 5.29. The largest absolute Gasteiger partial charge is 0.392 e. The lowest BCUT2D eigenvalue weighted by Crippen LogP contribution is -2.44. The fourth-order valence-corrected chi connectivity index (χ4v) is 2.20. The number of piperidine rings is 1. The van der Waals surface area contributed by atoms with Crippen molar-refractivity contribution in [1.82, 2.24) is 5.32 Å². The summed E-state index contributed by atoms with van der Waals surface area (Å²) in [4.78, 5) is 0. The minimum absolute atomic E-state index is 0.150. The third kappa shape index (κ3) is 3.05. The third-order valence-electron chi connectivity index (χ3n) is 3.13. The first-order valence-corrected chi connectivity index (χ1v) is 5.81. The summed E-state index contributed by atoms with van der Waals surface area (Å²) < 4.78 is 0. The van der Waals surface area contributed by atoms with E-state index in [0.717, 1.165) is 32.2 Å². The van der Waals surface area contributed by atoms with Gasteiger partial charge in [0, 0.05) is 6.04 Å². The number of aliphatic hydroxyl groups excluding tert-OH is 1. The average Bonchev–Trinajstić information content (AvgIpc) is 2.29. The van der Waals surface area contributed by atoms with E-state index in [1.54, 1.807) is 0 Å². The Morgan fingerprint density at radius 3 is 2.80 bits per heavy atom. The second-order valence-corrected chi connectivity index (χ2v) is 4.29. The zero-order valence-electron chi connectivity index (χ0n) is 9.02. The molecule has 82 valence electrons. The highest BCUT2D eigenvalue weighted by molar-refractivity contribution is 5.14. The van der Waals surface area contributed by atoms with Crippen LogP contribution in [0, 0.1) is 0 Å². The minimum Gasteiger partial charge on any atom is -0.392 e. The van der Waals surface area contributed by atoms with Crippen molar-refractivity contribution in [3.05, 3.63) is 35.9 Å². The molecule has 0 amide bonds. The van der Waals surface area contributed by atoms with E-state index >= 15 is 0 Å². The third-order valence-corrected chi connectivity index (χ3v) is 3.13. The fraction of sp³-hybridized carbons (Fsp3) is 0.538. The molecule has 2 rings (SSSR count). The van der Waals surface area contributed by atoms with E-state index < -0.39 is 0 Å². The zero-order valence-corrected chi connectivity index (χ0v) is 9.02. The first-order chi connectivity index (χ1) is 7.36. The molecule has 1 heterocycles. The van der Waals surface area contributed by atoms with Gasteiger partial charge in [-0.3, -0.25) is 0 Å². The van der Waals surface area contributed by atoms with Crippen LogP contribution in [0.25, 0.3) is 0 Å². The van der Waals surface area contributed by atoms with Crippen LogP contribution in [0.3, 0.4) is 0 Å². The molecule has 1 aromatic carbocycles. The molecule has 2 nitrogen and oxygen atoms in total. The topological polar surface area (TPSA) is 32.3 Å². The molecule has 0 spiro atoms. The predicted octanol–water partition coefficient (Wildman–Crippen LogP) is 1.73. The summed E-state index contributed by atoms with van der Waals surface area (Å²) in [5.41, 5.74) is 1.36. The van der Waals surface area contributed by atoms with Crippen LogP contribution in [0.1, 0.15) is 24.8 Å². The molecule has 1 aliphatic heterocycles. The molecule has 2 atom stereocenters. The quantitative estimate of drug-likeness (QED) is 0.787. The molecule has 1 fully saturated rings. The lowest BCUT2D eigenvalue weighted by Gasteiger charge is -2.28. The van der Waals surface area contributed by atoms with E-state index in [1.165, 1.54) is 5.56 Å². The van der Waals surface area contributed by atoms with E-state index in [9.17, 15) is 5.11 Å². The number of hydrogen-bond donors (Lipinski definition) is 2. The number of nitrogens with one attached hydrogen (secondary N) is 1. The molecule has 0 unspecified atom stereocenters. The van der Waals surface area contributed by atoms with Crippen molar-refractivity contribution in [2.24, 2.45) is 0 Å². The van der Waals surface area contributed by atoms with Gasteiger partial charge in [-0.1, -0.05) is 30.3 Å². The first kappa shape index (κ1) is 10.7. The van der Waals surface area contributed by atoms with Crippen molar-refractivity contribution >= 4 is 0 Å². The average molecular weight is 205 g/mol. The van der Waals surface area contributed by atoms with Gasteiger partial charge in [0.25, 0.3) is 0 Å². The van der Waals surface area contributed by atoms with Crippen molar-refractivity contribution in [2.45, 2.75) is 37.8 Å². The van der Waals surface area contributed by atoms with Gasteiger partial charge in [-0.15, -0.1) is 0 Å².